The van der Waals surface area contributed by atoms with Crippen molar-refractivity contribution >= 4 is 12.4 Å². The molecule has 0 aromatic heterocycles. The zero-order valence-electron chi connectivity index (χ0n) is 10.3. The van der Waals surface area contributed by atoms with Crippen molar-refractivity contribution < 1.29 is 4.74 Å². The molecule has 0 amide bonds. The molecule has 1 unspecified atom stereocenters. The molecule has 1 aliphatic rings. The lowest BCUT2D eigenvalue weighted by atomic mass is 10.0. The summed E-state index contributed by atoms with van der Waals surface area (Å²) in [6.07, 6.45) is 0. The Bertz CT molecular complexity index is 361. The van der Waals surface area contributed by atoms with Crippen LogP contribution in [0, 0.1) is 6.92 Å². The summed E-state index contributed by atoms with van der Waals surface area (Å²) in [4.78, 5) is 0. The van der Waals surface area contributed by atoms with Gasteiger partial charge in [0.15, 0.2) is 0 Å². The van der Waals surface area contributed by atoms with Gasteiger partial charge in [-0.15, -0.1) is 12.4 Å². The number of halogens is 1. The first kappa shape index (κ1) is 13.5. The first-order valence-corrected chi connectivity index (χ1v) is 5.42. The molecule has 90 valence electrons. The lowest BCUT2D eigenvalue weighted by Gasteiger charge is -2.27. The van der Waals surface area contributed by atoms with Crippen molar-refractivity contribution in [3.05, 3.63) is 35.4 Å². The molecule has 1 aromatic rings. The summed E-state index contributed by atoms with van der Waals surface area (Å²) in [6.45, 7) is 9.25. The first-order chi connectivity index (χ1) is 6.91. The van der Waals surface area contributed by atoms with Crippen molar-refractivity contribution in [2.75, 3.05) is 6.61 Å². The molecule has 2 nitrogen and oxygen atoms in total. The highest BCUT2D eigenvalue weighted by molar-refractivity contribution is 5.85. The molecule has 1 saturated heterocycles. The molecule has 1 heterocycles. The SMILES string of the molecule is Cc1ccc(C2(C)NC(C)(C)CO2)cc1.Cl. The third kappa shape index (κ3) is 2.57. The third-order valence-electron chi connectivity index (χ3n) is 2.90. The Labute approximate surface area is 104 Å². The molecular formula is C13H20ClNO. The van der Waals surface area contributed by atoms with Crippen molar-refractivity contribution in [2.24, 2.45) is 0 Å². The zero-order chi connectivity index (χ0) is 11.1. The maximum Gasteiger partial charge on any atom is 0.143 e. The van der Waals surface area contributed by atoms with Gasteiger partial charge in [-0.05, 0) is 33.3 Å². The Morgan fingerprint density at radius 1 is 1.12 bits per heavy atom. The Morgan fingerprint density at radius 2 is 1.69 bits per heavy atom. The van der Waals surface area contributed by atoms with Crippen molar-refractivity contribution in [3.8, 4) is 0 Å². The highest BCUT2D eigenvalue weighted by Gasteiger charge is 2.41. The fourth-order valence-corrected chi connectivity index (χ4v) is 2.07. The van der Waals surface area contributed by atoms with E-state index >= 15 is 0 Å². The molecule has 1 aromatic carbocycles. The molecule has 0 aliphatic carbocycles. The molecule has 1 N–H and O–H groups in total. The normalized spacial score (nSPS) is 27.5. The van der Waals surface area contributed by atoms with E-state index < -0.39 is 0 Å². The van der Waals surface area contributed by atoms with Gasteiger partial charge in [0.05, 0.1) is 6.61 Å². The second kappa shape index (κ2) is 4.36. The largest absolute Gasteiger partial charge is 0.355 e. The number of hydrogen-bond donors (Lipinski definition) is 1. The van der Waals surface area contributed by atoms with E-state index in [-0.39, 0.29) is 23.7 Å². The first-order valence-electron chi connectivity index (χ1n) is 5.42. The van der Waals surface area contributed by atoms with Crippen molar-refractivity contribution in [2.45, 2.75) is 39.0 Å². The van der Waals surface area contributed by atoms with Crippen molar-refractivity contribution in [3.63, 3.8) is 0 Å². The minimum Gasteiger partial charge on any atom is -0.355 e. The summed E-state index contributed by atoms with van der Waals surface area (Å²) in [5.74, 6) is 0. The van der Waals surface area contributed by atoms with Gasteiger partial charge in [-0.1, -0.05) is 29.8 Å². The van der Waals surface area contributed by atoms with Crippen LogP contribution in [0.2, 0.25) is 0 Å². The van der Waals surface area contributed by atoms with Gasteiger partial charge >= 0.3 is 0 Å². The Morgan fingerprint density at radius 3 is 2.12 bits per heavy atom. The number of hydrogen-bond acceptors (Lipinski definition) is 2. The summed E-state index contributed by atoms with van der Waals surface area (Å²) in [7, 11) is 0. The van der Waals surface area contributed by atoms with Crippen LogP contribution < -0.4 is 5.32 Å². The van der Waals surface area contributed by atoms with E-state index in [9.17, 15) is 0 Å². The molecular weight excluding hydrogens is 222 g/mol. The maximum absolute atomic E-state index is 5.87. The molecule has 0 bridgehead atoms. The van der Waals surface area contributed by atoms with Crippen LogP contribution in [0.3, 0.4) is 0 Å². The minimum atomic E-state index is -0.336. The Kier molecular flexibility index (Phi) is 3.68. The summed E-state index contributed by atoms with van der Waals surface area (Å²) in [6, 6.07) is 8.50. The fourth-order valence-electron chi connectivity index (χ4n) is 2.07. The molecule has 1 fully saturated rings. The predicted molar refractivity (Wildman–Crippen MR) is 68.9 cm³/mol. The van der Waals surface area contributed by atoms with E-state index in [4.69, 9.17) is 4.74 Å². The average molecular weight is 242 g/mol. The highest BCUT2D eigenvalue weighted by atomic mass is 35.5. The van der Waals surface area contributed by atoms with Crippen LogP contribution in [0.4, 0.5) is 0 Å². The second-order valence-electron chi connectivity index (χ2n) is 5.20. The van der Waals surface area contributed by atoms with Crippen molar-refractivity contribution in [1.29, 1.82) is 0 Å². The summed E-state index contributed by atoms with van der Waals surface area (Å²) in [5.41, 5.74) is 2.19. The lowest BCUT2D eigenvalue weighted by Crippen LogP contribution is -2.44. The highest BCUT2D eigenvalue weighted by Crippen LogP contribution is 2.31. The van der Waals surface area contributed by atoms with Gasteiger partial charge in [0.1, 0.15) is 5.72 Å². The minimum absolute atomic E-state index is 0. The van der Waals surface area contributed by atoms with E-state index in [0.717, 1.165) is 6.61 Å². The molecule has 0 radical (unpaired) electrons. The number of benzene rings is 1. The van der Waals surface area contributed by atoms with Crippen molar-refractivity contribution in [1.82, 2.24) is 5.32 Å². The number of nitrogens with one attached hydrogen (secondary N) is 1. The summed E-state index contributed by atoms with van der Waals surface area (Å²) < 4.78 is 5.87. The van der Waals surface area contributed by atoms with Gasteiger partial charge in [-0.25, -0.2) is 0 Å². The van der Waals surface area contributed by atoms with Gasteiger partial charge in [0, 0.05) is 5.54 Å². The molecule has 1 aliphatic heterocycles. The van der Waals surface area contributed by atoms with E-state index in [1.165, 1.54) is 11.1 Å². The monoisotopic (exact) mass is 241 g/mol. The van der Waals surface area contributed by atoms with E-state index in [0.29, 0.717) is 0 Å². The van der Waals surface area contributed by atoms with E-state index in [2.05, 4.69) is 57.3 Å². The standard InChI is InChI=1S/C13H19NO.ClH/c1-10-5-7-11(8-6-10)13(4)14-12(2,3)9-15-13;/h5-8,14H,9H2,1-4H3;1H. The average Bonchev–Trinajstić information content (AvgIpc) is 2.43. The summed E-state index contributed by atoms with van der Waals surface area (Å²) in [5, 5.41) is 3.52. The van der Waals surface area contributed by atoms with E-state index in [1.807, 2.05) is 0 Å². The van der Waals surface area contributed by atoms with Crippen LogP contribution in [-0.2, 0) is 10.5 Å². The smallest absolute Gasteiger partial charge is 0.143 e. The van der Waals surface area contributed by atoms with Gasteiger partial charge in [0.2, 0.25) is 0 Å². The lowest BCUT2D eigenvalue weighted by molar-refractivity contribution is 0.00218. The van der Waals surface area contributed by atoms with Gasteiger partial charge in [-0.2, -0.15) is 0 Å². The van der Waals surface area contributed by atoms with Crippen LogP contribution in [0.1, 0.15) is 31.9 Å². The quantitative estimate of drug-likeness (QED) is 0.816. The summed E-state index contributed by atoms with van der Waals surface area (Å²) >= 11 is 0. The topological polar surface area (TPSA) is 21.3 Å². The van der Waals surface area contributed by atoms with Gasteiger partial charge in [-0.3, -0.25) is 5.32 Å². The van der Waals surface area contributed by atoms with Crippen LogP contribution in [0.5, 0.6) is 0 Å². The fraction of sp³-hybridized carbons (Fsp3) is 0.538. The number of ether oxygens (including phenoxy) is 1. The molecule has 2 rings (SSSR count). The second-order valence-corrected chi connectivity index (χ2v) is 5.20. The molecule has 3 heteroatoms. The number of aryl methyl sites for hydroxylation is 1. The molecule has 16 heavy (non-hydrogen) atoms. The Hall–Kier alpha value is -0.570. The van der Waals surface area contributed by atoms with Crippen LogP contribution in [-0.4, -0.2) is 12.1 Å². The maximum atomic E-state index is 5.87. The third-order valence-corrected chi connectivity index (χ3v) is 2.90. The van der Waals surface area contributed by atoms with Gasteiger partial charge < -0.3 is 4.74 Å². The molecule has 1 atom stereocenters. The van der Waals surface area contributed by atoms with Crippen LogP contribution >= 0.6 is 12.4 Å². The Balaban J connectivity index is 0.00000128. The van der Waals surface area contributed by atoms with Crippen LogP contribution in [0.15, 0.2) is 24.3 Å². The van der Waals surface area contributed by atoms with E-state index in [1.54, 1.807) is 0 Å². The van der Waals surface area contributed by atoms with Gasteiger partial charge in [0.25, 0.3) is 0 Å². The van der Waals surface area contributed by atoms with Crippen LogP contribution in [0.25, 0.3) is 0 Å². The molecule has 0 spiro atoms. The number of rotatable bonds is 1. The predicted octanol–water partition coefficient (Wildman–Crippen LogP) is 2.99. The molecule has 0 saturated carbocycles. The zero-order valence-corrected chi connectivity index (χ0v) is 11.1.